The van der Waals surface area contributed by atoms with Crippen LogP contribution >= 0.6 is 0 Å². The number of nitrogens with two attached hydrogens (primary N) is 1. The van der Waals surface area contributed by atoms with Crippen molar-refractivity contribution in [2.24, 2.45) is 17.6 Å². The molecule has 2 aromatic rings. The second-order valence-corrected chi connectivity index (χ2v) is 12.9. The molecule has 12 heteroatoms. The van der Waals surface area contributed by atoms with Gasteiger partial charge in [-0.1, -0.05) is 24.6 Å². The molecule has 1 saturated carbocycles. The lowest BCUT2D eigenvalue weighted by molar-refractivity contribution is -0.153. The maximum Gasteiger partial charge on any atom is 0.255 e. The number of Topliss-reactive ketones (excluding diaryl/α,β-unsaturated/α-hetero) is 2. The molecule has 46 heavy (non-hydrogen) atoms. The number of fused-ring (bicyclic) bond motifs is 3. The molecule has 242 valence electrons. The molecule has 1 saturated heterocycles. The average molecular weight is 631 g/mol. The smallest absolute Gasteiger partial charge is 0.255 e. The number of piperidine rings is 1. The van der Waals surface area contributed by atoms with Crippen LogP contribution in [0.2, 0.25) is 0 Å². The molecular formula is C34H38N4O8. The fourth-order valence-electron chi connectivity index (χ4n) is 7.77. The van der Waals surface area contributed by atoms with Crippen LogP contribution in [0.1, 0.15) is 36.8 Å². The number of aromatic hydroxyl groups is 1. The zero-order valence-electron chi connectivity index (χ0n) is 25.7. The maximum atomic E-state index is 14.0. The van der Waals surface area contributed by atoms with Crippen LogP contribution in [-0.2, 0) is 25.6 Å². The van der Waals surface area contributed by atoms with E-state index < -0.39 is 58.0 Å². The van der Waals surface area contributed by atoms with E-state index in [1.54, 1.807) is 32.3 Å². The number of carbonyl (C=O) groups is 4. The third-order valence-electron chi connectivity index (χ3n) is 9.90. The predicted octanol–water partition coefficient (Wildman–Crippen LogP) is 2.06. The number of aliphatic hydroxyl groups is 3. The van der Waals surface area contributed by atoms with E-state index in [1.165, 1.54) is 17.4 Å². The molecule has 3 aliphatic carbocycles. The van der Waals surface area contributed by atoms with Crippen molar-refractivity contribution in [2.75, 3.05) is 39.0 Å². The molecule has 0 bridgehead atoms. The number of phenols is 1. The van der Waals surface area contributed by atoms with Crippen molar-refractivity contribution in [3.63, 3.8) is 0 Å². The standard InChI is InChI=1S/C34H38N4O8/c1-37(2)28-22-15-18-14-21-20(17-6-8-19(9-7-17)36-24(40)16-38-12-4-3-5-13-38)10-11-23(39)26(21)29(41)25(18)31(43)34(22,46)32(44)27(30(28)42)33(35)45/h6-11,18,22,28,39,41,44,46H,3-5,12-16H2,1-2H3,(H2,35,45)(H,36,40)/t18-,22-,28?,34-/m1/s1. The highest BCUT2D eigenvalue weighted by Gasteiger charge is 2.64. The number of amides is 2. The molecule has 2 aromatic carbocycles. The topological polar surface area (TPSA) is 194 Å². The van der Waals surface area contributed by atoms with E-state index in [0.29, 0.717) is 23.4 Å². The summed E-state index contributed by atoms with van der Waals surface area (Å²) in [5.41, 5.74) is 4.28. The summed E-state index contributed by atoms with van der Waals surface area (Å²) in [6, 6.07) is 9.14. The highest BCUT2D eigenvalue weighted by Crippen LogP contribution is 2.53. The Morgan fingerprint density at radius 2 is 1.70 bits per heavy atom. The Hall–Kier alpha value is -4.52. The van der Waals surface area contributed by atoms with Gasteiger partial charge in [0.05, 0.1) is 18.2 Å². The van der Waals surface area contributed by atoms with Crippen molar-refractivity contribution in [2.45, 2.75) is 43.7 Å². The lowest BCUT2D eigenvalue weighted by Crippen LogP contribution is -2.65. The second-order valence-electron chi connectivity index (χ2n) is 12.9. The molecule has 2 amide bonds. The summed E-state index contributed by atoms with van der Waals surface area (Å²) in [6.45, 7) is 2.15. The highest BCUT2D eigenvalue weighted by molar-refractivity contribution is 6.24. The monoisotopic (exact) mass is 630 g/mol. The molecule has 0 spiro atoms. The Balaban J connectivity index is 1.35. The lowest BCUT2D eigenvalue weighted by atomic mass is 9.57. The number of likely N-dealkylation sites (tertiary alicyclic amines) is 1. The van der Waals surface area contributed by atoms with Crippen LogP contribution in [-0.4, -0.2) is 99.0 Å². The molecule has 0 aromatic heterocycles. The predicted molar refractivity (Wildman–Crippen MR) is 169 cm³/mol. The van der Waals surface area contributed by atoms with Crippen molar-refractivity contribution in [1.29, 1.82) is 0 Å². The molecule has 6 rings (SSSR count). The number of anilines is 1. The Kier molecular flexibility index (Phi) is 7.99. The minimum absolute atomic E-state index is 0.00282. The first-order chi connectivity index (χ1) is 21.8. The number of rotatable bonds is 6. The number of phenolic OH excluding ortho intramolecular Hbond substituents is 1. The molecule has 2 fully saturated rings. The normalized spacial score (nSPS) is 26.5. The van der Waals surface area contributed by atoms with Gasteiger partial charge in [-0.3, -0.25) is 29.0 Å². The van der Waals surface area contributed by atoms with Crippen molar-refractivity contribution in [3.8, 4) is 16.9 Å². The van der Waals surface area contributed by atoms with Gasteiger partial charge >= 0.3 is 0 Å². The van der Waals surface area contributed by atoms with Gasteiger partial charge in [-0.2, -0.15) is 0 Å². The van der Waals surface area contributed by atoms with Gasteiger partial charge in [0.1, 0.15) is 22.8 Å². The van der Waals surface area contributed by atoms with E-state index in [2.05, 4.69) is 10.2 Å². The van der Waals surface area contributed by atoms with E-state index in [-0.39, 0.29) is 35.6 Å². The number of likely N-dealkylation sites (N-methyl/N-ethyl adjacent to an activating group) is 1. The van der Waals surface area contributed by atoms with E-state index in [1.807, 2.05) is 12.1 Å². The van der Waals surface area contributed by atoms with Gasteiger partial charge in [-0.25, -0.2) is 0 Å². The third-order valence-corrected chi connectivity index (χ3v) is 9.90. The molecule has 4 aliphatic rings. The zero-order valence-corrected chi connectivity index (χ0v) is 25.7. The van der Waals surface area contributed by atoms with Gasteiger partial charge in [-0.15, -0.1) is 0 Å². The first kappa shape index (κ1) is 31.5. The summed E-state index contributed by atoms with van der Waals surface area (Å²) in [5, 5.41) is 48.1. The molecule has 7 N–H and O–H groups in total. The first-order valence-corrected chi connectivity index (χ1v) is 15.5. The van der Waals surface area contributed by atoms with Crippen LogP contribution in [0.3, 0.4) is 0 Å². The Morgan fingerprint density at radius 1 is 1.02 bits per heavy atom. The van der Waals surface area contributed by atoms with E-state index >= 15 is 0 Å². The Bertz CT molecular complexity index is 1710. The van der Waals surface area contributed by atoms with Gasteiger partial charge in [0.2, 0.25) is 11.7 Å². The molecular weight excluding hydrogens is 592 g/mol. The van der Waals surface area contributed by atoms with Crippen molar-refractivity contribution in [3.05, 3.63) is 64.4 Å². The fraction of sp³-hybridized carbons (Fsp3) is 0.412. The summed E-state index contributed by atoms with van der Waals surface area (Å²) in [4.78, 5) is 55.8. The van der Waals surface area contributed by atoms with Gasteiger partial charge in [-0.05, 0) is 93.7 Å². The second kappa shape index (κ2) is 11.7. The van der Waals surface area contributed by atoms with Crippen molar-refractivity contribution in [1.82, 2.24) is 9.80 Å². The number of hydrogen-bond acceptors (Lipinski definition) is 10. The van der Waals surface area contributed by atoms with Crippen LogP contribution in [0.15, 0.2) is 53.3 Å². The van der Waals surface area contributed by atoms with Crippen LogP contribution < -0.4 is 11.1 Å². The van der Waals surface area contributed by atoms with Gasteiger partial charge in [0, 0.05) is 17.2 Å². The minimum atomic E-state index is -2.69. The van der Waals surface area contributed by atoms with Crippen LogP contribution in [0, 0.1) is 11.8 Å². The number of nitrogens with zero attached hydrogens (tertiary/aromatic N) is 2. The van der Waals surface area contributed by atoms with Crippen LogP contribution in [0.4, 0.5) is 5.69 Å². The number of aliphatic hydroxyl groups excluding tert-OH is 2. The summed E-state index contributed by atoms with van der Waals surface area (Å²) in [7, 11) is 3.12. The summed E-state index contributed by atoms with van der Waals surface area (Å²) >= 11 is 0. The number of carbonyl (C=O) groups excluding carboxylic acids is 4. The quantitative estimate of drug-likeness (QED) is 0.257. The fourth-order valence-corrected chi connectivity index (χ4v) is 7.77. The molecule has 4 atom stereocenters. The first-order valence-electron chi connectivity index (χ1n) is 15.5. The SMILES string of the molecule is CN(C)C1C(=O)C(C(N)=O)=C(O)[C@]2(O)C(=O)C3=C(O)c4c(O)ccc(-c5ccc(NC(=O)CN6CCCCC6)cc5)c4C[C@@H]3C[C@H]12. The Morgan fingerprint density at radius 3 is 2.33 bits per heavy atom. The molecule has 1 heterocycles. The molecule has 1 unspecified atom stereocenters. The number of hydrogen-bond donors (Lipinski definition) is 6. The molecule has 0 radical (unpaired) electrons. The summed E-state index contributed by atoms with van der Waals surface area (Å²) in [5.74, 6) is -7.01. The summed E-state index contributed by atoms with van der Waals surface area (Å²) in [6.07, 6.45) is 3.54. The molecule has 1 aliphatic heterocycles. The largest absolute Gasteiger partial charge is 0.508 e. The minimum Gasteiger partial charge on any atom is -0.508 e. The summed E-state index contributed by atoms with van der Waals surface area (Å²) < 4.78 is 0. The van der Waals surface area contributed by atoms with Crippen LogP contribution in [0.25, 0.3) is 16.9 Å². The van der Waals surface area contributed by atoms with Crippen LogP contribution in [0.5, 0.6) is 5.75 Å². The number of benzene rings is 2. The number of ketones is 2. The molecule has 12 nitrogen and oxygen atoms in total. The third kappa shape index (κ3) is 4.97. The van der Waals surface area contributed by atoms with Gasteiger partial charge in [0.25, 0.3) is 5.91 Å². The highest BCUT2D eigenvalue weighted by atomic mass is 16.3. The maximum absolute atomic E-state index is 14.0. The Labute approximate surface area is 265 Å². The number of primary amides is 1. The van der Waals surface area contributed by atoms with Gasteiger partial charge in [0.15, 0.2) is 11.4 Å². The van der Waals surface area contributed by atoms with E-state index in [4.69, 9.17) is 5.73 Å². The number of nitrogens with one attached hydrogen (secondary N) is 1. The van der Waals surface area contributed by atoms with E-state index in [0.717, 1.165) is 31.5 Å². The van der Waals surface area contributed by atoms with Gasteiger partial charge < -0.3 is 31.5 Å². The van der Waals surface area contributed by atoms with Crippen molar-refractivity contribution < 1.29 is 39.6 Å². The van der Waals surface area contributed by atoms with Crippen molar-refractivity contribution >= 4 is 34.8 Å². The van der Waals surface area contributed by atoms with E-state index in [9.17, 15) is 39.6 Å². The lowest BCUT2D eigenvalue weighted by Gasteiger charge is -2.50. The average Bonchev–Trinajstić information content (AvgIpc) is 3.00. The zero-order chi connectivity index (χ0) is 33.1.